The van der Waals surface area contributed by atoms with Crippen molar-refractivity contribution in [1.29, 1.82) is 0 Å². The number of carbonyl (C=O) groups excluding carboxylic acids is 1. The first-order valence-electron chi connectivity index (χ1n) is 5.00. The Bertz CT molecular complexity index is 308. The molecule has 2 rings (SSSR count). The summed E-state index contributed by atoms with van der Waals surface area (Å²) in [7, 11) is 0. The predicted octanol–water partition coefficient (Wildman–Crippen LogP) is -2.04. The fourth-order valence-corrected chi connectivity index (χ4v) is 1.78. The molecule has 0 radical (unpaired) electrons. The zero-order valence-corrected chi connectivity index (χ0v) is 8.48. The number of hydrogen-bond donors (Lipinski definition) is 4. The Balaban J connectivity index is 2.13. The highest BCUT2D eigenvalue weighted by molar-refractivity contribution is 5.76. The maximum Gasteiger partial charge on any atom is 0.323 e. The lowest BCUT2D eigenvalue weighted by atomic mass is 10.1. The maximum absolute atomic E-state index is 11.5. The van der Waals surface area contributed by atoms with Crippen LogP contribution in [0.5, 0.6) is 0 Å². The lowest BCUT2D eigenvalue weighted by Gasteiger charge is -2.29. The maximum atomic E-state index is 11.5. The van der Waals surface area contributed by atoms with E-state index in [1.165, 1.54) is 6.20 Å². The number of nitrogens with one attached hydrogen (secondary N) is 1. The molecule has 2 heterocycles. The van der Waals surface area contributed by atoms with Crippen LogP contribution in [0.2, 0.25) is 0 Å². The van der Waals surface area contributed by atoms with Crippen LogP contribution in [0.4, 0.5) is 4.79 Å². The molecule has 1 fully saturated rings. The second-order valence-corrected chi connectivity index (χ2v) is 3.71. The third-order valence-corrected chi connectivity index (χ3v) is 2.66. The number of ether oxygens (including phenoxy) is 1. The second kappa shape index (κ2) is 4.38. The van der Waals surface area contributed by atoms with Crippen molar-refractivity contribution in [3.8, 4) is 0 Å². The number of rotatable bonds is 2. The molecule has 1 saturated heterocycles. The van der Waals surface area contributed by atoms with Gasteiger partial charge in [-0.1, -0.05) is 0 Å². The standard InChI is InChI=1S/C9H14N2O5/c12-4-5-6(13)7(14)8(16-5)11-3-1-2-10-9(11)15/h1,3,5-8,12-14H,2,4H2,(H,10,15)/t5-,6?,7+,8-/m1/s1. The molecular weight excluding hydrogens is 216 g/mol. The third kappa shape index (κ3) is 1.78. The number of carbonyl (C=O) groups is 1. The average molecular weight is 230 g/mol. The lowest BCUT2D eigenvalue weighted by Crippen LogP contribution is -2.50. The quantitative estimate of drug-likeness (QED) is 0.438. The van der Waals surface area contributed by atoms with Gasteiger partial charge in [-0.15, -0.1) is 0 Å². The first kappa shape index (κ1) is 11.3. The molecule has 4 N–H and O–H groups in total. The minimum atomic E-state index is -1.23. The van der Waals surface area contributed by atoms with Gasteiger partial charge < -0.3 is 25.4 Å². The van der Waals surface area contributed by atoms with E-state index in [1.54, 1.807) is 6.08 Å². The van der Waals surface area contributed by atoms with Crippen molar-refractivity contribution < 1.29 is 24.9 Å². The summed E-state index contributed by atoms with van der Waals surface area (Å²) in [6, 6.07) is -0.405. The molecular formula is C9H14N2O5. The van der Waals surface area contributed by atoms with Crippen LogP contribution < -0.4 is 5.32 Å². The minimum Gasteiger partial charge on any atom is -0.394 e. The van der Waals surface area contributed by atoms with Gasteiger partial charge in [-0.3, -0.25) is 4.90 Å². The monoisotopic (exact) mass is 230 g/mol. The van der Waals surface area contributed by atoms with Crippen molar-refractivity contribution in [1.82, 2.24) is 10.2 Å². The predicted molar refractivity (Wildman–Crippen MR) is 52.1 cm³/mol. The lowest BCUT2D eigenvalue weighted by molar-refractivity contribution is -0.0656. The number of urea groups is 1. The number of aliphatic hydroxyl groups excluding tert-OH is 3. The molecule has 2 aliphatic heterocycles. The van der Waals surface area contributed by atoms with Crippen LogP contribution in [0, 0.1) is 0 Å². The zero-order valence-electron chi connectivity index (χ0n) is 8.48. The Morgan fingerprint density at radius 3 is 2.81 bits per heavy atom. The molecule has 2 aliphatic rings. The molecule has 0 spiro atoms. The highest BCUT2D eigenvalue weighted by Gasteiger charge is 2.46. The summed E-state index contributed by atoms with van der Waals surface area (Å²) in [4.78, 5) is 12.6. The van der Waals surface area contributed by atoms with Crippen LogP contribution in [-0.4, -0.2) is 63.9 Å². The van der Waals surface area contributed by atoms with Crippen LogP contribution in [0.3, 0.4) is 0 Å². The topological polar surface area (TPSA) is 102 Å². The van der Waals surface area contributed by atoms with Crippen molar-refractivity contribution in [3.63, 3.8) is 0 Å². The summed E-state index contributed by atoms with van der Waals surface area (Å²) in [6.07, 6.45) is -1.09. The number of aliphatic hydroxyl groups is 3. The van der Waals surface area contributed by atoms with E-state index in [9.17, 15) is 15.0 Å². The SMILES string of the molecule is O=C1NCC=CN1[C@@H]1O[C@H](CO)C(O)[C@@H]1O. The molecule has 90 valence electrons. The van der Waals surface area contributed by atoms with Crippen molar-refractivity contribution in [2.24, 2.45) is 0 Å². The Morgan fingerprint density at radius 1 is 1.50 bits per heavy atom. The fourth-order valence-electron chi connectivity index (χ4n) is 1.78. The van der Waals surface area contributed by atoms with E-state index in [0.29, 0.717) is 6.54 Å². The summed E-state index contributed by atoms with van der Waals surface area (Å²) < 4.78 is 5.21. The second-order valence-electron chi connectivity index (χ2n) is 3.71. The van der Waals surface area contributed by atoms with Gasteiger partial charge in [0.05, 0.1) is 6.61 Å². The van der Waals surface area contributed by atoms with Gasteiger partial charge in [-0.05, 0) is 6.08 Å². The van der Waals surface area contributed by atoms with Crippen molar-refractivity contribution in [2.45, 2.75) is 24.5 Å². The van der Waals surface area contributed by atoms with Gasteiger partial charge in [0.15, 0.2) is 6.23 Å². The molecule has 0 bridgehead atoms. The van der Waals surface area contributed by atoms with Gasteiger partial charge in [0.1, 0.15) is 18.3 Å². The number of nitrogens with zero attached hydrogens (tertiary/aromatic N) is 1. The van der Waals surface area contributed by atoms with Crippen LogP contribution in [0.25, 0.3) is 0 Å². The van der Waals surface area contributed by atoms with E-state index in [4.69, 9.17) is 9.84 Å². The molecule has 0 aromatic carbocycles. The van der Waals surface area contributed by atoms with Gasteiger partial charge >= 0.3 is 6.03 Å². The van der Waals surface area contributed by atoms with Crippen LogP contribution in [-0.2, 0) is 4.74 Å². The molecule has 0 aliphatic carbocycles. The van der Waals surface area contributed by atoms with Crippen LogP contribution in [0.15, 0.2) is 12.3 Å². The summed E-state index contributed by atoms with van der Waals surface area (Å²) in [5, 5.41) is 30.7. The van der Waals surface area contributed by atoms with Gasteiger partial charge in [-0.25, -0.2) is 4.79 Å². The van der Waals surface area contributed by atoms with Crippen molar-refractivity contribution in [2.75, 3.05) is 13.2 Å². The minimum absolute atomic E-state index is 0.405. The first-order valence-corrected chi connectivity index (χ1v) is 5.00. The first-order chi connectivity index (χ1) is 7.65. The zero-order chi connectivity index (χ0) is 11.7. The fraction of sp³-hybridized carbons (Fsp3) is 0.667. The molecule has 4 atom stereocenters. The molecule has 0 aromatic heterocycles. The summed E-state index contributed by atoms with van der Waals surface area (Å²) >= 11 is 0. The van der Waals surface area contributed by atoms with E-state index in [0.717, 1.165) is 4.90 Å². The van der Waals surface area contributed by atoms with Gasteiger partial charge in [0.25, 0.3) is 0 Å². The summed E-state index contributed by atoms with van der Waals surface area (Å²) in [5.74, 6) is 0. The third-order valence-electron chi connectivity index (χ3n) is 2.66. The van der Waals surface area contributed by atoms with Crippen LogP contribution in [0.1, 0.15) is 0 Å². The Morgan fingerprint density at radius 2 is 2.25 bits per heavy atom. The largest absolute Gasteiger partial charge is 0.394 e. The Hall–Kier alpha value is -1.15. The summed E-state index contributed by atoms with van der Waals surface area (Å²) in [5.41, 5.74) is 0. The van der Waals surface area contributed by atoms with E-state index < -0.39 is 37.2 Å². The molecule has 1 unspecified atom stereocenters. The average Bonchev–Trinajstić information content (AvgIpc) is 2.57. The highest BCUT2D eigenvalue weighted by Crippen LogP contribution is 2.24. The Labute approximate surface area is 91.9 Å². The molecule has 0 saturated carbocycles. The molecule has 7 heteroatoms. The number of hydrogen-bond acceptors (Lipinski definition) is 5. The molecule has 0 aromatic rings. The normalized spacial score (nSPS) is 38.9. The number of amides is 2. The van der Waals surface area contributed by atoms with Gasteiger partial charge in [-0.2, -0.15) is 0 Å². The van der Waals surface area contributed by atoms with Crippen LogP contribution >= 0.6 is 0 Å². The summed E-state index contributed by atoms with van der Waals surface area (Å²) in [6.45, 7) is 0.0119. The van der Waals surface area contributed by atoms with Crippen molar-refractivity contribution >= 4 is 6.03 Å². The van der Waals surface area contributed by atoms with E-state index in [2.05, 4.69) is 5.32 Å². The highest BCUT2D eigenvalue weighted by atomic mass is 16.6. The van der Waals surface area contributed by atoms with E-state index >= 15 is 0 Å². The van der Waals surface area contributed by atoms with E-state index in [-0.39, 0.29) is 0 Å². The molecule has 16 heavy (non-hydrogen) atoms. The van der Waals surface area contributed by atoms with Crippen molar-refractivity contribution in [3.05, 3.63) is 12.3 Å². The Kier molecular flexibility index (Phi) is 3.10. The van der Waals surface area contributed by atoms with Gasteiger partial charge in [0, 0.05) is 12.7 Å². The molecule has 7 nitrogen and oxygen atoms in total. The smallest absolute Gasteiger partial charge is 0.323 e. The molecule has 2 amide bonds. The van der Waals surface area contributed by atoms with E-state index in [1.807, 2.05) is 0 Å². The van der Waals surface area contributed by atoms with Gasteiger partial charge in [0.2, 0.25) is 0 Å².